The fourth-order valence-electron chi connectivity index (χ4n) is 1.84. The van der Waals surface area contributed by atoms with Crippen LogP contribution in [0, 0.1) is 0 Å². The lowest BCUT2D eigenvalue weighted by Crippen LogP contribution is -2.24. The van der Waals surface area contributed by atoms with Gasteiger partial charge in [-0.05, 0) is 40.7 Å². The van der Waals surface area contributed by atoms with Crippen molar-refractivity contribution in [1.82, 2.24) is 4.90 Å². The van der Waals surface area contributed by atoms with Gasteiger partial charge in [0.15, 0.2) is 4.67 Å². The van der Waals surface area contributed by atoms with Gasteiger partial charge in [0, 0.05) is 6.54 Å². The number of benzene rings is 1. The third kappa shape index (κ3) is 3.70. The average Bonchev–Trinajstić information content (AvgIpc) is 2.75. The molecule has 0 amide bonds. The fourth-order valence-corrected chi connectivity index (χ4v) is 2.18. The Balaban J connectivity index is 1.89. The Kier molecular flexibility index (Phi) is 4.58. The number of aliphatic hydroxyl groups is 1. The van der Waals surface area contributed by atoms with Crippen LogP contribution in [0.4, 0.5) is 0 Å². The molecule has 1 aromatic carbocycles. The van der Waals surface area contributed by atoms with Crippen molar-refractivity contribution in [3.63, 3.8) is 0 Å². The topological polar surface area (TPSA) is 36.6 Å². The molecule has 0 spiro atoms. The van der Waals surface area contributed by atoms with Crippen molar-refractivity contribution in [2.45, 2.75) is 12.6 Å². The van der Waals surface area contributed by atoms with Crippen LogP contribution in [0.15, 0.2) is 51.6 Å². The molecule has 0 saturated heterocycles. The van der Waals surface area contributed by atoms with Crippen molar-refractivity contribution in [1.29, 1.82) is 0 Å². The second-order valence-corrected chi connectivity index (χ2v) is 5.11. The van der Waals surface area contributed by atoms with Crippen LogP contribution in [0.25, 0.3) is 0 Å². The lowest BCUT2D eigenvalue weighted by molar-refractivity contribution is 0.120. The van der Waals surface area contributed by atoms with Crippen LogP contribution in [0.3, 0.4) is 0 Å². The zero-order chi connectivity index (χ0) is 13.0. The lowest BCUT2D eigenvalue weighted by Gasteiger charge is -2.19. The van der Waals surface area contributed by atoms with Gasteiger partial charge in [0.2, 0.25) is 0 Å². The number of furan rings is 1. The number of aliphatic hydroxyl groups excluding tert-OH is 1. The molecular formula is C14H16BrNO2. The van der Waals surface area contributed by atoms with E-state index in [4.69, 9.17) is 4.42 Å². The Morgan fingerprint density at radius 2 is 1.94 bits per heavy atom. The summed E-state index contributed by atoms with van der Waals surface area (Å²) in [4.78, 5) is 2.03. The summed E-state index contributed by atoms with van der Waals surface area (Å²) in [6.45, 7) is 1.25. The van der Waals surface area contributed by atoms with Crippen LogP contribution in [-0.4, -0.2) is 23.6 Å². The summed E-state index contributed by atoms with van der Waals surface area (Å²) < 4.78 is 6.17. The largest absolute Gasteiger partial charge is 0.453 e. The second kappa shape index (κ2) is 6.18. The molecule has 4 heteroatoms. The van der Waals surface area contributed by atoms with Gasteiger partial charge >= 0.3 is 0 Å². The van der Waals surface area contributed by atoms with Crippen LogP contribution in [0.2, 0.25) is 0 Å². The van der Waals surface area contributed by atoms with Crippen molar-refractivity contribution in [2.24, 2.45) is 0 Å². The average molecular weight is 310 g/mol. The van der Waals surface area contributed by atoms with E-state index in [1.165, 1.54) is 0 Å². The van der Waals surface area contributed by atoms with Gasteiger partial charge in [-0.1, -0.05) is 30.3 Å². The van der Waals surface area contributed by atoms with E-state index in [-0.39, 0.29) is 0 Å². The Morgan fingerprint density at radius 1 is 1.22 bits per heavy atom. The highest BCUT2D eigenvalue weighted by Gasteiger charge is 2.11. The molecule has 1 aromatic heterocycles. The fraction of sp³-hybridized carbons (Fsp3) is 0.286. The molecule has 0 aliphatic carbocycles. The molecule has 0 radical (unpaired) electrons. The first-order valence-corrected chi connectivity index (χ1v) is 6.60. The van der Waals surface area contributed by atoms with Crippen LogP contribution >= 0.6 is 15.9 Å². The summed E-state index contributed by atoms with van der Waals surface area (Å²) in [6, 6.07) is 13.5. The molecule has 0 saturated carbocycles. The number of likely N-dealkylation sites (N-methyl/N-ethyl adjacent to an activating group) is 1. The minimum absolute atomic E-state index is 0.477. The smallest absolute Gasteiger partial charge is 0.169 e. The maximum absolute atomic E-state index is 10.1. The molecule has 1 atom stereocenters. The van der Waals surface area contributed by atoms with E-state index >= 15 is 0 Å². The van der Waals surface area contributed by atoms with Gasteiger partial charge in [0.05, 0.1) is 12.6 Å². The summed E-state index contributed by atoms with van der Waals surface area (Å²) in [6.07, 6.45) is -0.477. The first-order chi connectivity index (χ1) is 8.65. The van der Waals surface area contributed by atoms with E-state index in [1.807, 2.05) is 54.4 Å². The molecule has 0 fully saturated rings. The van der Waals surface area contributed by atoms with Crippen molar-refractivity contribution in [3.8, 4) is 0 Å². The summed E-state index contributed by atoms with van der Waals surface area (Å²) in [7, 11) is 1.96. The van der Waals surface area contributed by atoms with Crippen molar-refractivity contribution >= 4 is 15.9 Å². The van der Waals surface area contributed by atoms with Gasteiger partial charge in [-0.25, -0.2) is 0 Å². The van der Waals surface area contributed by atoms with Gasteiger partial charge in [-0.15, -0.1) is 0 Å². The van der Waals surface area contributed by atoms with Crippen LogP contribution in [-0.2, 0) is 6.54 Å². The van der Waals surface area contributed by atoms with Crippen molar-refractivity contribution in [3.05, 3.63) is 58.5 Å². The number of hydrogen-bond acceptors (Lipinski definition) is 3. The highest BCUT2D eigenvalue weighted by molar-refractivity contribution is 9.10. The highest BCUT2D eigenvalue weighted by atomic mass is 79.9. The van der Waals surface area contributed by atoms with E-state index < -0.39 is 6.10 Å². The molecule has 2 aromatic rings. The monoisotopic (exact) mass is 309 g/mol. The van der Waals surface area contributed by atoms with Crippen molar-refractivity contribution < 1.29 is 9.52 Å². The van der Waals surface area contributed by atoms with Gasteiger partial charge in [-0.2, -0.15) is 0 Å². The van der Waals surface area contributed by atoms with Gasteiger partial charge in [0.1, 0.15) is 5.76 Å². The molecule has 18 heavy (non-hydrogen) atoms. The van der Waals surface area contributed by atoms with Crippen molar-refractivity contribution in [2.75, 3.05) is 13.6 Å². The first kappa shape index (κ1) is 13.3. The minimum Gasteiger partial charge on any atom is -0.453 e. The number of hydrogen-bond donors (Lipinski definition) is 1. The second-order valence-electron chi connectivity index (χ2n) is 4.33. The minimum atomic E-state index is -0.477. The van der Waals surface area contributed by atoms with Crippen LogP contribution < -0.4 is 0 Å². The highest BCUT2D eigenvalue weighted by Crippen LogP contribution is 2.17. The van der Waals surface area contributed by atoms with E-state index in [9.17, 15) is 5.11 Å². The normalized spacial score (nSPS) is 12.9. The summed E-state index contributed by atoms with van der Waals surface area (Å²) in [5.41, 5.74) is 0.935. The Labute approximate surface area is 115 Å². The molecule has 1 N–H and O–H groups in total. The maximum atomic E-state index is 10.1. The predicted molar refractivity (Wildman–Crippen MR) is 74.1 cm³/mol. The maximum Gasteiger partial charge on any atom is 0.169 e. The third-order valence-corrected chi connectivity index (χ3v) is 3.15. The molecule has 1 heterocycles. The number of nitrogens with zero attached hydrogens (tertiary/aromatic N) is 1. The van der Waals surface area contributed by atoms with Gasteiger partial charge < -0.3 is 9.52 Å². The quantitative estimate of drug-likeness (QED) is 0.921. The molecule has 3 nitrogen and oxygen atoms in total. The summed E-state index contributed by atoms with van der Waals surface area (Å²) in [5.74, 6) is 0.879. The van der Waals surface area contributed by atoms with E-state index in [1.54, 1.807) is 0 Å². The Bertz CT molecular complexity index is 484. The zero-order valence-corrected chi connectivity index (χ0v) is 11.8. The third-order valence-electron chi connectivity index (χ3n) is 2.72. The Morgan fingerprint density at radius 3 is 2.56 bits per heavy atom. The molecule has 0 aliphatic rings. The standard InChI is InChI=1S/C14H16BrNO2/c1-16(9-12-7-8-14(15)18-12)10-13(17)11-5-3-2-4-6-11/h2-8,13,17H,9-10H2,1H3. The van der Waals surface area contributed by atoms with Gasteiger partial charge in [-0.3, -0.25) is 4.90 Å². The summed E-state index contributed by atoms with van der Waals surface area (Å²) in [5, 5.41) is 10.1. The van der Waals surface area contributed by atoms with E-state index in [0.717, 1.165) is 16.0 Å². The molecule has 2 rings (SSSR count). The van der Waals surface area contributed by atoms with Crippen LogP contribution in [0.1, 0.15) is 17.4 Å². The first-order valence-electron chi connectivity index (χ1n) is 5.81. The predicted octanol–water partition coefficient (Wildman–Crippen LogP) is 3.21. The molecular weight excluding hydrogens is 294 g/mol. The number of rotatable bonds is 5. The number of halogens is 1. The SMILES string of the molecule is CN(Cc1ccc(Br)o1)CC(O)c1ccccc1. The lowest BCUT2D eigenvalue weighted by atomic mass is 10.1. The van der Waals surface area contributed by atoms with E-state index in [0.29, 0.717) is 13.1 Å². The molecule has 0 bridgehead atoms. The van der Waals surface area contributed by atoms with E-state index in [2.05, 4.69) is 15.9 Å². The molecule has 0 aliphatic heterocycles. The Hall–Kier alpha value is -1.10. The van der Waals surface area contributed by atoms with Crippen LogP contribution in [0.5, 0.6) is 0 Å². The summed E-state index contributed by atoms with van der Waals surface area (Å²) >= 11 is 3.28. The van der Waals surface area contributed by atoms with Gasteiger partial charge in [0.25, 0.3) is 0 Å². The molecule has 96 valence electrons. The zero-order valence-electron chi connectivity index (χ0n) is 10.2. The molecule has 1 unspecified atom stereocenters.